The second kappa shape index (κ2) is 4.71. The van der Waals surface area contributed by atoms with E-state index in [1.54, 1.807) is 24.3 Å². The minimum atomic E-state index is -1.66. The van der Waals surface area contributed by atoms with E-state index in [2.05, 4.69) is 0 Å². The smallest absolute Gasteiger partial charge is 0.199 e. The molecule has 1 aliphatic rings. The first-order chi connectivity index (χ1) is 9.93. The van der Waals surface area contributed by atoms with Crippen molar-refractivity contribution >= 4 is 5.78 Å². The number of hydrogen-bond acceptors (Lipinski definition) is 3. The van der Waals surface area contributed by atoms with Crippen LogP contribution in [0, 0.1) is 0 Å². The first kappa shape index (κ1) is 13.8. The Morgan fingerprint density at radius 2 is 1.86 bits per heavy atom. The lowest BCUT2D eigenvalue weighted by atomic mass is 9.87. The maximum atomic E-state index is 12.5. The number of aromatic hydroxyl groups is 1. The van der Waals surface area contributed by atoms with Gasteiger partial charge in [0, 0.05) is 17.5 Å². The Morgan fingerprint density at radius 1 is 1.14 bits per heavy atom. The molecule has 0 spiro atoms. The number of phenols is 1. The summed E-state index contributed by atoms with van der Waals surface area (Å²) in [6, 6.07) is 12.3. The summed E-state index contributed by atoms with van der Waals surface area (Å²) in [4.78, 5) is 12.5. The van der Waals surface area contributed by atoms with Crippen molar-refractivity contribution in [1.29, 1.82) is 0 Å². The SMILES string of the molecule is CC(C)c1ccc([C@]2(O)Cc3ccccc3C2=O)c(O)c1. The zero-order chi connectivity index (χ0) is 15.2. The molecule has 21 heavy (non-hydrogen) atoms. The maximum absolute atomic E-state index is 12.5. The molecule has 0 saturated carbocycles. The summed E-state index contributed by atoms with van der Waals surface area (Å²) in [7, 11) is 0. The van der Waals surface area contributed by atoms with Crippen LogP contribution in [-0.2, 0) is 12.0 Å². The molecule has 3 heteroatoms. The third-order valence-corrected chi connectivity index (χ3v) is 4.22. The lowest BCUT2D eigenvalue weighted by Crippen LogP contribution is -2.32. The van der Waals surface area contributed by atoms with Gasteiger partial charge in [0.2, 0.25) is 0 Å². The first-order valence-electron chi connectivity index (χ1n) is 7.12. The molecule has 0 bridgehead atoms. The molecule has 2 N–H and O–H groups in total. The first-order valence-corrected chi connectivity index (χ1v) is 7.12. The molecule has 108 valence electrons. The second-order valence-electron chi connectivity index (χ2n) is 5.95. The van der Waals surface area contributed by atoms with Gasteiger partial charge in [-0.2, -0.15) is 0 Å². The lowest BCUT2D eigenvalue weighted by molar-refractivity contribution is 0.0343. The van der Waals surface area contributed by atoms with Gasteiger partial charge in [-0.3, -0.25) is 4.79 Å². The zero-order valence-corrected chi connectivity index (χ0v) is 12.1. The van der Waals surface area contributed by atoms with Gasteiger partial charge in [0.05, 0.1) is 0 Å². The summed E-state index contributed by atoms with van der Waals surface area (Å²) < 4.78 is 0. The van der Waals surface area contributed by atoms with Crippen LogP contribution in [0.2, 0.25) is 0 Å². The number of carbonyl (C=O) groups is 1. The maximum Gasteiger partial charge on any atom is 0.199 e. The number of rotatable bonds is 2. The third kappa shape index (κ3) is 2.05. The van der Waals surface area contributed by atoms with Crippen LogP contribution in [0.5, 0.6) is 5.75 Å². The molecule has 0 amide bonds. The molecule has 0 unspecified atom stereocenters. The van der Waals surface area contributed by atoms with Crippen LogP contribution < -0.4 is 0 Å². The molecule has 0 radical (unpaired) electrons. The van der Waals surface area contributed by atoms with Gasteiger partial charge in [0.25, 0.3) is 0 Å². The van der Waals surface area contributed by atoms with Gasteiger partial charge in [-0.15, -0.1) is 0 Å². The van der Waals surface area contributed by atoms with Crippen LogP contribution >= 0.6 is 0 Å². The fraction of sp³-hybridized carbons (Fsp3) is 0.278. The molecule has 0 aromatic heterocycles. The fourth-order valence-corrected chi connectivity index (χ4v) is 2.95. The quantitative estimate of drug-likeness (QED) is 0.889. The Bertz CT molecular complexity index is 718. The van der Waals surface area contributed by atoms with Crippen LogP contribution in [0.4, 0.5) is 0 Å². The van der Waals surface area contributed by atoms with Crippen molar-refractivity contribution < 1.29 is 15.0 Å². The standard InChI is InChI=1S/C18H18O3/c1-11(2)12-7-8-15(16(19)9-12)18(21)10-13-5-3-4-6-14(13)17(18)20/h3-9,11,19,21H,10H2,1-2H3/t18-/m1/s1. The normalized spacial score (nSPS) is 20.9. The Hall–Kier alpha value is -2.13. The molecule has 3 nitrogen and oxygen atoms in total. The molecule has 1 aliphatic carbocycles. The second-order valence-corrected chi connectivity index (χ2v) is 5.95. The minimum absolute atomic E-state index is 0.0233. The molecule has 2 aromatic rings. The van der Waals surface area contributed by atoms with E-state index in [-0.39, 0.29) is 29.4 Å². The Morgan fingerprint density at radius 3 is 2.48 bits per heavy atom. The third-order valence-electron chi connectivity index (χ3n) is 4.22. The lowest BCUT2D eigenvalue weighted by Gasteiger charge is -2.23. The fourth-order valence-electron chi connectivity index (χ4n) is 2.95. The van der Waals surface area contributed by atoms with E-state index in [4.69, 9.17) is 0 Å². The van der Waals surface area contributed by atoms with Crippen LogP contribution in [0.3, 0.4) is 0 Å². The molecular formula is C18H18O3. The predicted molar refractivity (Wildman–Crippen MR) is 80.6 cm³/mol. The van der Waals surface area contributed by atoms with Gasteiger partial charge < -0.3 is 10.2 Å². The van der Waals surface area contributed by atoms with E-state index in [0.717, 1.165) is 11.1 Å². The van der Waals surface area contributed by atoms with E-state index in [0.29, 0.717) is 5.56 Å². The van der Waals surface area contributed by atoms with E-state index in [9.17, 15) is 15.0 Å². The van der Waals surface area contributed by atoms with Gasteiger partial charge in [-0.05, 0) is 23.1 Å². The molecule has 2 aromatic carbocycles. The van der Waals surface area contributed by atoms with Crippen molar-refractivity contribution in [2.75, 3.05) is 0 Å². The number of fused-ring (bicyclic) bond motifs is 1. The Balaban J connectivity index is 2.08. The molecule has 1 atom stereocenters. The highest BCUT2D eigenvalue weighted by atomic mass is 16.3. The monoisotopic (exact) mass is 282 g/mol. The molecular weight excluding hydrogens is 264 g/mol. The van der Waals surface area contributed by atoms with Crippen LogP contribution in [-0.4, -0.2) is 16.0 Å². The largest absolute Gasteiger partial charge is 0.508 e. The molecule has 0 fully saturated rings. The van der Waals surface area contributed by atoms with Crippen molar-refractivity contribution in [3.63, 3.8) is 0 Å². The van der Waals surface area contributed by atoms with Gasteiger partial charge in [0.1, 0.15) is 5.75 Å². The van der Waals surface area contributed by atoms with Crippen LogP contribution in [0.25, 0.3) is 0 Å². The van der Waals surface area contributed by atoms with Gasteiger partial charge in [-0.1, -0.05) is 50.2 Å². The van der Waals surface area contributed by atoms with Crippen molar-refractivity contribution in [2.24, 2.45) is 0 Å². The highest BCUT2D eigenvalue weighted by Crippen LogP contribution is 2.41. The predicted octanol–water partition coefficient (Wildman–Crippen LogP) is 3.14. The molecule has 0 heterocycles. The van der Waals surface area contributed by atoms with Crippen molar-refractivity contribution in [1.82, 2.24) is 0 Å². The van der Waals surface area contributed by atoms with Crippen LogP contribution in [0.15, 0.2) is 42.5 Å². The summed E-state index contributed by atoms with van der Waals surface area (Å²) in [6.07, 6.45) is 0.205. The van der Waals surface area contributed by atoms with E-state index < -0.39 is 5.60 Å². The molecule has 0 saturated heterocycles. The average Bonchev–Trinajstić information content (AvgIpc) is 2.71. The summed E-state index contributed by atoms with van der Waals surface area (Å²) >= 11 is 0. The summed E-state index contributed by atoms with van der Waals surface area (Å²) in [5.74, 6) is -0.0911. The molecule has 0 aliphatic heterocycles. The van der Waals surface area contributed by atoms with E-state index in [1.165, 1.54) is 0 Å². The summed E-state index contributed by atoms with van der Waals surface area (Å²) in [6.45, 7) is 4.06. The highest BCUT2D eigenvalue weighted by molar-refractivity contribution is 6.07. The van der Waals surface area contributed by atoms with Crippen molar-refractivity contribution in [3.05, 3.63) is 64.7 Å². The van der Waals surface area contributed by atoms with Gasteiger partial charge in [0.15, 0.2) is 11.4 Å². The number of aliphatic hydroxyl groups is 1. The number of phenolic OH excluding ortho intramolecular Hbond substituents is 1. The summed E-state index contributed by atoms with van der Waals surface area (Å²) in [5, 5.41) is 21.1. The van der Waals surface area contributed by atoms with Gasteiger partial charge >= 0.3 is 0 Å². The van der Waals surface area contributed by atoms with E-state index in [1.807, 2.05) is 32.0 Å². The van der Waals surface area contributed by atoms with Crippen molar-refractivity contribution in [3.8, 4) is 5.75 Å². The molecule has 3 rings (SSSR count). The van der Waals surface area contributed by atoms with E-state index >= 15 is 0 Å². The summed E-state index contributed by atoms with van der Waals surface area (Å²) in [5.41, 5.74) is 0.948. The minimum Gasteiger partial charge on any atom is -0.508 e. The highest BCUT2D eigenvalue weighted by Gasteiger charge is 2.46. The topological polar surface area (TPSA) is 57.5 Å². The Labute approximate surface area is 123 Å². The number of ketones is 1. The number of hydrogen-bond donors (Lipinski definition) is 2. The van der Waals surface area contributed by atoms with Gasteiger partial charge in [-0.25, -0.2) is 0 Å². The Kier molecular flexibility index (Phi) is 3.10. The number of carbonyl (C=O) groups excluding carboxylic acids is 1. The van der Waals surface area contributed by atoms with Crippen LogP contribution in [0.1, 0.15) is 46.8 Å². The van der Waals surface area contributed by atoms with Crippen molar-refractivity contribution in [2.45, 2.75) is 31.8 Å². The number of Topliss-reactive ketones (excluding diaryl/α,β-unsaturated/α-hetero) is 1. The average molecular weight is 282 g/mol. The zero-order valence-electron chi connectivity index (χ0n) is 12.1. The number of benzene rings is 2.